The first kappa shape index (κ1) is 17.1. The largest absolute Gasteiger partial charge is 0.336 e. The molecule has 6 nitrogen and oxygen atoms in total. The van der Waals surface area contributed by atoms with E-state index in [9.17, 15) is 8.42 Å². The maximum atomic E-state index is 12.4. The smallest absolute Gasteiger partial charge is 0.261 e. The average Bonchev–Trinajstić information content (AvgIpc) is 2.76. The average molecular weight is 302 g/mol. The van der Waals surface area contributed by atoms with Crippen molar-refractivity contribution in [2.24, 2.45) is 17.1 Å². The van der Waals surface area contributed by atoms with E-state index in [1.165, 1.54) is 4.31 Å². The van der Waals surface area contributed by atoms with Gasteiger partial charge in [0.15, 0.2) is 5.03 Å². The van der Waals surface area contributed by atoms with Gasteiger partial charge in [0, 0.05) is 26.3 Å². The second-order valence-corrected chi connectivity index (χ2v) is 8.42. The molecule has 0 aliphatic carbocycles. The van der Waals surface area contributed by atoms with Crippen LogP contribution in [0.25, 0.3) is 0 Å². The lowest BCUT2D eigenvalue weighted by Gasteiger charge is -2.27. The molecule has 0 bridgehead atoms. The third kappa shape index (κ3) is 4.29. The number of rotatable bonds is 7. The molecule has 0 atom stereocenters. The molecule has 1 aromatic rings. The van der Waals surface area contributed by atoms with Gasteiger partial charge in [-0.1, -0.05) is 27.7 Å². The highest BCUT2D eigenvalue weighted by Crippen LogP contribution is 2.19. The third-order valence-electron chi connectivity index (χ3n) is 3.06. The van der Waals surface area contributed by atoms with Crippen molar-refractivity contribution < 1.29 is 8.42 Å². The Labute approximate surface area is 122 Å². The van der Waals surface area contributed by atoms with E-state index in [0.29, 0.717) is 19.0 Å². The number of sulfonamides is 1. The van der Waals surface area contributed by atoms with Crippen LogP contribution in [0.4, 0.5) is 0 Å². The van der Waals surface area contributed by atoms with Crippen LogP contribution in [-0.4, -0.2) is 42.4 Å². The van der Waals surface area contributed by atoms with Gasteiger partial charge in [0.2, 0.25) is 0 Å². The van der Waals surface area contributed by atoms with Crippen molar-refractivity contribution in [1.82, 2.24) is 13.9 Å². The second kappa shape index (κ2) is 6.24. The predicted octanol–water partition coefficient (Wildman–Crippen LogP) is 1.14. The Morgan fingerprint density at radius 2 is 2.05 bits per heavy atom. The fourth-order valence-corrected chi connectivity index (χ4v) is 3.19. The van der Waals surface area contributed by atoms with E-state index in [-0.39, 0.29) is 10.4 Å². The van der Waals surface area contributed by atoms with Gasteiger partial charge < -0.3 is 10.3 Å². The normalized spacial score (nSPS) is 13.4. The van der Waals surface area contributed by atoms with Gasteiger partial charge in [-0.05, 0) is 17.9 Å². The molecule has 0 aromatic carbocycles. The van der Waals surface area contributed by atoms with Crippen LogP contribution < -0.4 is 5.73 Å². The molecular formula is C13H26N4O2S. The first-order valence-corrected chi connectivity index (χ1v) is 8.20. The van der Waals surface area contributed by atoms with E-state index in [2.05, 4.69) is 18.8 Å². The molecule has 20 heavy (non-hydrogen) atoms. The standard InChI is InChI=1S/C13H26N4O2S/c1-11(2)6-17-7-12(15-10-17)20(18,19)16(5)9-13(3,4)8-14/h7,10-11H,6,8-9,14H2,1-5H3. The molecule has 0 aliphatic heterocycles. The number of hydrogen-bond donors (Lipinski definition) is 1. The number of nitrogens with two attached hydrogens (primary N) is 1. The van der Waals surface area contributed by atoms with Gasteiger partial charge >= 0.3 is 0 Å². The minimum Gasteiger partial charge on any atom is -0.336 e. The predicted molar refractivity (Wildman–Crippen MR) is 79.7 cm³/mol. The van der Waals surface area contributed by atoms with Crippen LogP contribution in [0.3, 0.4) is 0 Å². The van der Waals surface area contributed by atoms with E-state index in [0.717, 1.165) is 6.54 Å². The molecule has 1 aromatic heterocycles. The maximum Gasteiger partial charge on any atom is 0.261 e. The van der Waals surface area contributed by atoms with E-state index < -0.39 is 10.0 Å². The van der Waals surface area contributed by atoms with Crippen LogP contribution in [0.1, 0.15) is 27.7 Å². The Morgan fingerprint density at radius 1 is 1.45 bits per heavy atom. The van der Waals surface area contributed by atoms with Crippen LogP contribution in [0.5, 0.6) is 0 Å². The minimum absolute atomic E-state index is 0.0912. The van der Waals surface area contributed by atoms with Crippen molar-refractivity contribution in [3.05, 3.63) is 12.5 Å². The van der Waals surface area contributed by atoms with E-state index in [1.807, 2.05) is 13.8 Å². The Balaban J connectivity index is 2.90. The van der Waals surface area contributed by atoms with Gasteiger partial charge in [0.05, 0.1) is 6.33 Å². The molecule has 1 heterocycles. The van der Waals surface area contributed by atoms with Crippen molar-refractivity contribution >= 4 is 10.0 Å². The van der Waals surface area contributed by atoms with Crippen molar-refractivity contribution in [1.29, 1.82) is 0 Å². The van der Waals surface area contributed by atoms with Crippen molar-refractivity contribution in [2.75, 3.05) is 20.1 Å². The van der Waals surface area contributed by atoms with Crippen molar-refractivity contribution in [3.8, 4) is 0 Å². The molecule has 2 N–H and O–H groups in total. The van der Waals surface area contributed by atoms with Gasteiger partial charge in [-0.3, -0.25) is 0 Å². The lowest BCUT2D eigenvalue weighted by atomic mass is 9.94. The molecule has 0 unspecified atom stereocenters. The van der Waals surface area contributed by atoms with Gasteiger partial charge in [-0.25, -0.2) is 13.4 Å². The molecule has 0 saturated carbocycles. The summed E-state index contributed by atoms with van der Waals surface area (Å²) >= 11 is 0. The summed E-state index contributed by atoms with van der Waals surface area (Å²) < 4.78 is 28.0. The second-order valence-electron chi connectivity index (χ2n) is 6.43. The highest BCUT2D eigenvalue weighted by atomic mass is 32.2. The van der Waals surface area contributed by atoms with Gasteiger partial charge in [0.1, 0.15) is 0 Å². The molecule has 0 radical (unpaired) electrons. The summed E-state index contributed by atoms with van der Waals surface area (Å²) in [5, 5.41) is 0.0912. The fourth-order valence-electron chi connectivity index (χ4n) is 1.91. The highest BCUT2D eigenvalue weighted by molar-refractivity contribution is 7.89. The molecule has 1 rings (SSSR count). The van der Waals surface area contributed by atoms with Crippen LogP contribution in [0.2, 0.25) is 0 Å². The lowest BCUT2D eigenvalue weighted by molar-refractivity contribution is 0.291. The van der Waals surface area contributed by atoms with Gasteiger partial charge in [-0.15, -0.1) is 0 Å². The molecule has 116 valence electrons. The number of aromatic nitrogens is 2. The lowest BCUT2D eigenvalue weighted by Crippen LogP contribution is -2.39. The van der Waals surface area contributed by atoms with Crippen LogP contribution in [0.15, 0.2) is 17.6 Å². The van der Waals surface area contributed by atoms with Crippen molar-refractivity contribution in [2.45, 2.75) is 39.3 Å². The molecule has 0 aliphatic rings. The van der Waals surface area contributed by atoms with Crippen molar-refractivity contribution in [3.63, 3.8) is 0 Å². The topological polar surface area (TPSA) is 81.2 Å². The molecule has 0 amide bonds. The van der Waals surface area contributed by atoms with Gasteiger partial charge in [-0.2, -0.15) is 4.31 Å². The fraction of sp³-hybridized carbons (Fsp3) is 0.769. The van der Waals surface area contributed by atoms with E-state index >= 15 is 0 Å². The third-order valence-corrected chi connectivity index (χ3v) is 4.75. The van der Waals surface area contributed by atoms with Crippen LogP contribution >= 0.6 is 0 Å². The summed E-state index contributed by atoms with van der Waals surface area (Å²) in [7, 11) is -1.99. The monoisotopic (exact) mass is 302 g/mol. The van der Waals surface area contributed by atoms with Crippen LogP contribution in [-0.2, 0) is 16.6 Å². The Kier molecular flexibility index (Phi) is 5.34. The first-order chi connectivity index (χ1) is 9.08. The summed E-state index contributed by atoms with van der Waals surface area (Å²) in [6.07, 6.45) is 3.15. The zero-order chi connectivity index (χ0) is 15.6. The number of imidazole rings is 1. The quantitative estimate of drug-likeness (QED) is 0.819. The molecule has 7 heteroatoms. The zero-order valence-corrected chi connectivity index (χ0v) is 13.8. The Hall–Kier alpha value is -0.920. The Bertz CT molecular complexity index is 534. The van der Waals surface area contributed by atoms with Crippen LogP contribution in [0, 0.1) is 11.3 Å². The molecular weight excluding hydrogens is 276 g/mol. The SMILES string of the molecule is CC(C)Cn1cnc(S(=O)(=O)N(C)CC(C)(C)CN)c1. The summed E-state index contributed by atoms with van der Waals surface area (Å²) in [5.41, 5.74) is 5.39. The summed E-state index contributed by atoms with van der Waals surface area (Å²) in [5.74, 6) is 0.439. The molecule has 0 spiro atoms. The summed E-state index contributed by atoms with van der Waals surface area (Å²) in [6, 6.07) is 0. The number of hydrogen-bond acceptors (Lipinski definition) is 4. The van der Waals surface area contributed by atoms with Gasteiger partial charge in [0.25, 0.3) is 10.0 Å². The Morgan fingerprint density at radius 3 is 2.55 bits per heavy atom. The minimum atomic E-state index is -3.55. The van der Waals surface area contributed by atoms with E-state index in [1.54, 1.807) is 24.1 Å². The van der Waals surface area contributed by atoms with E-state index in [4.69, 9.17) is 5.73 Å². The summed E-state index contributed by atoms with van der Waals surface area (Å²) in [6.45, 7) is 9.57. The molecule has 0 saturated heterocycles. The summed E-state index contributed by atoms with van der Waals surface area (Å²) in [4.78, 5) is 4.02. The maximum absolute atomic E-state index is 12.4. The zero-order valence-electron chi connectivity index (χ0n) is 13.0. The highest BCUT2D eigenvalue weighted by Gasteiger charge is 2.28. The first-order valence-electron chi connectivity index (χ1n) is 6.76. The number of nitrogens with zero attached hydrogens (tertiary/aromatic N) is 3. The molecule has 0 fully saturated rings.